The molecule has 1 unspecified atom stereocenters. The zero-order valence-electron chi connectivity index (χ0n) is 10.3. The van der Waals surface area contributed by atoms with E-state index in [2.05, 4.69) is 28.7 Å². The maximum absolute atomic E-state index is 9.87. The Kier molecular flexibility index (Phi) is 5.53. The molecule has 1 fully saturated rings. The Bertz CT molecular complexity index is 169. The summed E-state index contributed by atoms with van der Waals surface area (Å²) < 4.78 is 0. The van der Waals surface area contributed by atoms with E-state index in [1.165, 1.54) is 0 Å². The fourth-order valence-corrected chi connectivity index (χ4v) is 1.88. The summed E-state index contributed by atoms with van der Waals surface area (Å²) in [6, 6.07) is 0. The van der Waals surface area contributed by atoms with Crippen LogP contribution < -0.4 is 0 Å². The van der Waals surface area contributed by atoms with Gasteiger partial charge in [0.15, 0.2) is 0 Å². The van der Waals surface area contributed by atoms with E-state index in [-0.39, 0.29) is 6.10 Å². The van der Waals surface area contributed by atoms with Crippen molar-refractivity contribution in [2.45, 2.75) is 13.0 Å². The number of nitrogens with zero attached hydrogens (tertiary/aromatic N) is 3. The first-order valence-corrected chi connectivity index (χ1v) is 5.89. The molecule has 4 nitrogen and oxygen atoms in total. The average Bonchev–Trinajstić information content (AvgIpc) is 2.21. The zero-order valence-corrected chi connectivity index (χ0v) is 10.3. The highest BCUT2D eigenvalue weighted by atomic mass is 16.3. The van der Waals surface area contributed by atoms with Crippen LogP contribution in [0.1, 0.15) is 6.92 Å². The molecule has 1 aliphatic rings. The van der Waals surface area contributed by atoms with E-state index in [0.717, 1.165) is 45.8 Å². The van der Waals surface area contributed by atoms with E-state index in [9.17, 15) is 5.11 Å². The second kappa shape index (κ2) is 6.43. The molecule has 0 aromatic heterocycles. The summed E-state index contributed by atoms with van der Waals surface area (Å²) >= 11 is 0. The van der Waals surface area contributed by atoms with Crippen molar-refractivity contribution in [3.05, 3.63) is 0 Å². The molecule has 0 spiro atoms. The molecule has 1 rings (SSSR count). The van der Waals surface area contributed by atoms with Crippen molar-refractivity contribution in [3.63, 3.8) is 0 Å². The normalized spacial score (nSPS) is 22.2. The van der Waals surface area contributed by atoms with Gasteiger partial charge in [-0.25, -0.2) is 0 Å². The summed E-state index contributed by atoms with van der Waals surface area (Å²) in [5.74, 6) is 0. The van der Waals surface area contributed by atoms with Crippen molar-refractivity contribution in [1.82, 2.24) is 14.7 Å². The van der Waals surface area contributed by atoms with Crippen LogP contribution in [0.2, 0.25) is 0 Å². The quantitative estimate of drug-likeness (QED) is 0.672. The van der Waals surface area contributed by atoms with E-state index in [1.54, 1.807) is 0 Å². The van der Waals surface area contributed by atoms with Crippen molar-refractivity contribution in [2.75, 3.05) is 59.9 Å². The lowest BCUT2D eigenvalue weighted by Crippen LogP contribution is -2.48. The number of rotatable bonds is 5. The van der Waals surface area contributed by atoms with Gasteiger partial charge in [0.2, 0.25) is 0 Å². The Morgan fingerprint density at radius 2 is 1.87 bits per heavy atom. The SMILES string of the molecule is CCN(C)CC(O)CN1CCN(C)CC1. The summed E-state index contributed by atoms with van der Waals surface area (Å²) in [4.78, 5) is 6.84. The lowest BCUT2D eigenvalue weighted by molar-refractivity contribution is 0.0618. The average molecular weight is 215 g/mol. The summed E-state index contributed by atoms with van der Waals surface area (Å²) in [6.07, 6.45) is -0.210. The number of aliphatic hydroxyl groups is 1. The maximum atomic E-state index is 9.87. The summed E-state index contributed by atoms with van der Waals surface area (Å²) in [5.41, 5.74) is 0. The zero-order chi connectivity index (χ0) is 11.3. The molecule has 4 heteroatoms. The van der Waals surface area contributed by atoms with Gasteiger partial charge in [0.25, 0.3) is 0 Å². The van der Waals surface area contributed by atoms with Gasteiger partial charge in [-0.3, -0.25) is 4.90 Å². The largest absolute Gasteiger partial charge is 0.390 e. The molecule has 15 heavy (non-hydrogen) atoms. The Balaban J connectivity index is 2.17. The summed E-state index contributed by atoms with van der Waals surface area (Å²) in [7, 11) is 4.20. The third-order valence-corrected chi connectivity index (χ3v) is 3.13. The molecule has 1 heterocycles. The van der Waals surface area contributed by atoms with Gasteiger partial charge in [0.1, 0.15) is 0 Å². The van der Waals surface area contributed by atoms with E-state index >= 15 is 0 Å². The lowest BCUT2D eigenvalue weighted by atomic mass is 10.2. The molecule has 1 aliphatic heterocycles. The first-order chi connectivity index (χ1) is 7.11. The highest BCUT2D eigenvalue weighted by Crippen LogP contribution is 2.01. The van der Waals surface area contributed by atoms with Crippen molar-refractivity contribution in [2.24, 2.45) is 0 Å². The van der Waals surface area contributed by atoms with Gasteiger partial charge in [-0.1, -0.05) is 6.92 Å². The summed E-state index contributed by atoms with van der Waals surface area (Å²) in [6.45, 7) is 9.13. The molecule has 0 aromatic rings. The third kappa shape index (κ3) is 4.93. The van der Waals surface area contributed by atoms with E-state index in [0.29, 0.717) is 0 Å². The number of aliphatic hydroxyl groups excluding tert-OH is 1. The fraction of sp³-hybridized carbons (Fsp3) is 1.00. The third-order valence-electron chi connectivity index (χ3n) is 3.13. The van der Waals surface area contributed by atoms with Crippen LogP contribution in [0.3, 0.4) is 0 Å². The lowest BCUT2D eigenvalue weighted by Gasteiger charge is -2.34. The Hall–Kier alpha value is -0.160. The van der Waals surface area contributed by atoms with Crippen molar-refractivity contribution in [1.29, 1.82) is 0 Å². The maximum Gasteiger partial charge on any atom is 0.0793 e. The minimum Gasteiger partial charge on any atom is -0.390 e. The van der Waals surface area contributed by atoms with Gasteiger partial charge >= 0.3 is 0 Å². The van der Waals surface area contributed by atoms with Crippen LogP contribution in [0.4, 0.5) is 0 Å². The van der Waals surface area contributed by atoms with Crippen LogP contribution >= 0.6 is 0 Å². The molecule has 0 bridgehead atoms. The highest BCUT2D eigenvalue weighted by molar-refractivity contribution is 4.73. The number of piperazine rings is 1. The molecule has 90 valence electrons. The first-order valence-electron chi connectivity index (χ1n) is 5.89. The van der Waals surface area contributed by atoms with Crippen LogP contribution in [0, 0.1) is 0 Å². The number of likely N-dealkylation sites (N-methyl/N-ethyl adjacent to an activating group) is 2. The van der Waals surface area contributed by atoms with Crippen LogP contribution in [0.5, 0.6) is 0 Å². The van der Waals surface area contributed by atoms with E-state index in [4.69, 9.17) is 0 Å². The standard InChI is InChI=1S/C11H25N3O/c1-4-12(2)9-11(15)10-14-7-5-13(3)6-8-14/h11,15H,4-10H2,1-3H3. The second-order valence-corrected chi connectivity index (χ2v) is 4.61. The van der Waals surface area contributed by atoms with Crippen LogP contribution in [0.25, 0.3) is 0 Å². The van der Waals surface area contributed by atoms with E-state index in [1.807, 2.05) is 7.05 Å². The number of β-amino-alcohol motifs (C(OH)–C–C–N with tert-alkyl or cyclic N) is 1. The Morgan fingerprint density at radius 3 is 2.40 bits per heavy atom. The topological polar surface area (TPSA) is 30.0 Å². The molecule has 0 saturated carbocycles. The minimum absolute atomic E-state index is 0.210. The molecule has 0 amide bonds. The predicted molar refractivity (Wildman–Crippen MR) is 63.1 cm³/mol. The number of hydrogen-bond donors (Lipinski definition) is 1. The smallest absolute Gasteiger partial charge is 0.0793 e. The van der Waals surface area contributed by atoms with Crippen LogP contribution in [0.15, 0.2) is 0 Å². The molecule has 0 aromatic carbocycles. The van der Waals surface area contributed by atoms with Gasteiger partial charge < -0.3 is 14.9 Å². The monoisotopic (exact) mass is 215 g/mol. The molecule has 1 N–H and O–H groups in total. The van der Waals surface area contributed by atoms with E-state index < -0.39 is 0 Å². The molecular weight excluding hydrogens is 190 g/mol. The molecule has 1 atom stereocenters. The van der Waals surface area contributed by atoms with Crippen molar-refractivity contribution < 1.29 is 5.11 Å². The summed E-state index contributed by atoms with van der Waals surface area (Å²) in [5, 5.41) is 9.87. The highest BCUT2D eigenvalue weighted by Gasteiger charge is 2.17. The van der Waals surface area contributed by atoms with Gasteiger partial charge in [0.05, 0.1) is 6.10 Å². The Labute approximate surface area is 93.5 Å². The molecule has 1 saturated heterocycles. The molecular formula is C11H25N3O. The van der Waals surface area contributed by atoms with Gasteiger partial charge in [-0.05, 0) is 20.6 Å². The van der Waals surface area contributed by atoms with Crippen molar-refractivity contribution in [3.8, 4) is 0 Å². The van der Waals surface area contributed by atoms with Gasteiger partial charge in [0, 0.05) is 39.3 Å². The molecule has 0 aliphatic carbocycles. The predicted octanol–water partition coefficient (Wildman–Crippen LogP) is -0.454. The minimum atomic E-state index is -0.210. The Morgan fingerprint density at radius 1 is 1.27 bits per heavy atom. The van der Waals surface area contributed by atoms with Crippen molar-refractivity contribution >= 4 is 0 Å². The molecule has 0 radical (unpaired) electrons. The first kappa shape index (κ1) is 12.9. The van der Waals surface area contributed by atoms with Crippen LogP contribution in [-0.4, -0.2) is 85.8 Å². The second-order valence-electron chi connectivity index (χ2n) is 4.61. The fourth-order valence-electron chi connectivity index (χ4n) is 1.88. The number of hydrogen-bond acceptors (Lipinski definition) is 4. The van der Waals surface area contributed by atoms with Gasteiger partial charge in [-0.15, -0.1) is 0 Å². The van der Waals surface area contributed by atoms with Gasteiger partial charge in [-0.2, -0.15) is 0 Å². The van der Waals surface area contributed by atoms with Crippen LogP contribution in [-0.2, 0) is 0 Å².